The zero-order chi connectivity index (χ0) is 14.4. The zero-order valence-corrected chi connectivity index (χ0v) is 11.4. The molecule has 0 bridgehead atoms. The Bertz CT molecular complexity index is 658. The number of hydrogen-bond acceptors (Lipinski definition) is 1. The molecule has 2 nitrogen and oxygen atoms in total. The van der Waals surface area contributed by atoms with Crippen LogP contribution < -0.4 is 0 Å². The van der Waals surface area contributed by atoms with Gasteiger partial charge in [-0.25, -0.2) is 0 Å². The van der Waals surface area contributed by atoms with Crippen LogP contribution in [0.25, 0.3) is 0 Å². The summed E-state index contributed by atoms with van der Waals surface area (Å²) in [5.74, 6) is 5.47. The second kappa shape index (κ2) is 6.58. The van der Waals surface area contributed by atoms with Crippen LogP contribution in [0.3, 0.4) is 0 Å². The van der Waals surface area contributed by atoms with Gasteiger partial charge in [0.1, 0.15) is 0 Å². The molecular formula is C18H16O2. The van der Waals surface area contributed by atoms with E-state index in [4.69, 9.17) is 5.11 Å². The summed E-state index contributed by atoms with van der Waals surface area (Å²) in [6, 6.07) is 15.8. The molecule has 0 saturated heterocycles. The van der Waals surface area contributed by atoms with Gasteiger partial charge in [-0.2, -0.15) is 0 Å². The minimum Gasteiger partial charge on any atom is -0.481 e. The molecule has 2 heteroatoms. The first-order valence-electron chi connectivity index (χ1n) is 6.53. The maximum atomic E-state index is 10.5. The third kappa shape index (κ3) is 4.29. The summed E-state index contributed by atoms with van der Waals surface area (Å²) in [5, 5.41) is 8.64. The average molecular weight is 264 g/mol. The maximum absolute atomic E-state index is 10.5. The molecule has 0 amide bonds. The summed E-state index contributed by atoms with van der Waals surface area (Å²) < 4.78 is 0. The van der Waals surface area contributed by atoms with Gasteiger partial charge < -0.3 is 5.11 Å². The van der Waals surface area contributed by atoms with Crippen molar-refractivity contribution in [3.05, 3.63) is 70.8 Å². The fourth-order valence-corrected chi connectivity index (χ4v) is 1.87. The highest BCUT2D eigenvalue weighted by Crippen LogP contribution is 2.07. The molecular weight excluding hydrogens is 248 g/mol. The Morgan fingerprint density at radius 1 is 1.05 bits per heavy atom. The number of aryl methyl sites for hydroxylation is 2. The van der Waals surface area contributed by atoms with Crippen molar-refractivity contribution in [3.63, 3.8) is 0 Å². The molecule has 2 aromatic carbocycles. The standard InChI is InChI=1S/C18H16O2/c1-14-3-2-4-17(13-14)10-9-15-5-7-16(8-6-15)11-12-18(19)20/h2-8,13H,11-12H2,1H3,(H,19,20). The smallest absolute Gasteiger partial charge is 0.303 e. The second-order valence-corrected chi connectivity index (χ2v) is 4.71. The maximum Gasteiger partial charge on any atom is 0.303 e. The summed E-state index contributed by atoms with van der Waals surface area (Å²) in [6.07, 6.45) is 0.717. The Hall–Kier alpha value is -2.53. The van der Waals surface area contributed by atoms with Crippen LogP contribution in [0.4, 0.5) is 0 Å². The lowest BCUT2D eigenvalue weighted by Gasteiger charge is -1.98. The Morgan fingerprint density at radius 3 is 2.40 bits per heavy atom. The molecule has 0 heterocycles. The number of rotatable bonds is 3. The molecule has 2 aromatic rings. The van der Waals surface area contributed by atoms with Gasteiger partial charge in [0.15, 0.2) is 0 Å². The van der Waals surface area contributed by atoms with Gasteiger partial charge in [0.2, 0.25) is 0 Å². The van der Waals surface area contributed by atoms with Crippen LogP contribution in [-0.4, -0.2) is 11.1 Å². The van der Waals surface area contributed by atoms with Gasteiger partial charge in [0.25, 0.3) is 0 Å². The summed E-state index contributed by atoms with van der Waals surface area (Å²) in [7, 11) is 0. The van der Waals surface area contributed by atoms with Crippen molar-refractivity contribution in [3.8, 4) is 11.8 Å². The van der Waals surface area contributed by atoms with E-state index in [2.05, 4.69) is 11.8 Å². The van der Waals surface area contributed by atoms with Crippen molar-refractivity contribution in [1.82, 2.24) is 0 Å². The van der Waals surface area contributed by atoms with Gasteiger partial charge in [-0.15, -0.1) is 0 Å². The number of carbonyl (C=O) groups is 1. The largest absolute Gasteiger partial charge is 0.481 e. The summed E-state index contributed by atoms with van der Waals surface area (Å²) in [6.45, 7) is 2.04. The van der Waals surface area contributed by atoms with Crippen molar-refractivity contribution in [2.24, 2.45) is 0 Å². The lowest BCUT2D eigenvalue weighted by Crippen LogP contribution is -1.97. The Balaban J connectivity index is 2.06. The van der Waals surface area contributed by atoms with Crippen LogP contribution in [0.15, 0.2) is 48.5 Å². The highest BCUT2D eigenvalue weighted by atomic mass is 16.4. The highest BCUT2D eigenvalue weighted by molar-refractivity contribution is 5.67. The molecule has 0 radical (unpaired) electrons. The molecule has 2 rings (SSSR count). The van der Waals surface area contributed by atoms with Crippen LogP contribution in [-0.2, 0) is 11.2 Å². The van der Waals surface area contributed by atoms with Crippen LogP contribution >= 0.6 is 0 Å². The van der Waals surface area contributed by atoms with Crippen molar-refractivity contribution >= 4 is 5.97 Å². The third-order valence-corrected chi connectivity index (χ3v) is 2.95. The van der Waals surface area contributed by atoms with Gasteiger partial charge in [-0.05, 0) is 48.7 Å². The number of carboxylic acids is 1. The molecule has 0 aliphatic carbocycles. The van der Waals surface area contributed by atoms with Crippen molar-refractivity contribution < 1.29 is 9.90 Å². The predicted octanol–water partition coefficient (Wildman–Crippen LogP) is 3.41. The van der Waals surface area contributed by atoms with E-state index < -0.39 is 5.97 Å². The van der Waals surface area contributed by atoms with Crippen molar-refractivity contribution in [1.29, 1.82) is 0 Å². The van der Waals surface area contributed by atoms with Crippen LogP contribution in [0.2, 0.25) is 0 Å². The number of benzene rings is 2. The molecule has 0 aliphatic rings. The Morgan fingerprint density at radius 2 is 1.75 bits per heavy atom. The van der Waals surface area contributed by atoms with Crippen LogP contribution in [0, 0.1) is 18.8 Å². The van der Waals surface area contributed by atoms with E-state index in [1.165, 1.54) is 5.56 Å². The van der Waals surface area contributed by atoms with Crippen molar-refractivity contribution in [2.75, 3.05) is 0 Å². The third-order valence-electron chi connectivity index (χ3n) is 2.95. The summed E-state index contributed by atoms with van der Waals surface area (Å²) >= 11 is 0. The molecule has 0 fully saturated rings. The number of carboxylic acid groups (broad SMARTS) is 1. The van der Waals surface area contributed by atoms with Crippen LogP contribution in [0.5, 0.6) is 0 Å². The van der Waals surface area contributed by atoms with E-state index in [0.717, 1.165) is 16.7 Å². The van der Waals surface area contributed by atoms with Crippen molar-refractivity contribution in [2.45, 2.75) is 19.8 Å². The first-order valence-corrected chi connectivity index (χ1v) is 6.53. The molecule has 1 N–H and O–H groups in total. The first kappa shape index (κ1) is 13.9. The molecule has 20 heavy (non-hydrogen) atoms. The zero-order valence-electron chi connectivity index (χ0n) is 11.4. The van der Waals surface area contributed by atoms with E-state index in [0.29, 0.717) is 6.42 Å². The predicted molar refractivity (Wildman–Crippen MR) is 79.6 cm³/mol. The minimum absolute atomic E-state index is 0.161. The monoisotopic (exact) mass is 264 g/mol. The molecule has 0 aromatic heterocycles. The highest BCUT2D eigenvalue weighted by Gasteiger charge is 1.98. The van der Waals surface area contributed by atoms with Gasteiger partial charge in [-0.1, -0.05) is 36.1 Å². The van der Waals surface area contributed by atoms with E-state index in [-0.39, 0.29) is 6.42 Å². The SMILES string of the molecule is Cc1cccc(C#Cc2ccc(CCC(=O)O)cc2)c1. The molecule has 0 atom stereocenters. The first-order chi connectivity index (χ1) is 9.63. The average Bonchev–Trinajstić information content (AvgIpc) is 2.44. The molecule has 0 unspecified atom stereocenters. The molecule has 0 spiro atoms. The lowest BCUT2D eigenvalue weighted by atomic mass is 10.1. The fourth-order valence-electron chi connectivity index (χ4n) is 1.87. The number of hydrogen-bond donors (Lipinski definition) is 1. The van der Waals surface area contributed by atoms with E-state index in [9.17, 15) is 4.79 Å². The van der Waals surface area contributed by atoms with E-state index in [1.54, 1.807) is 0 Å². The summed E-state index contributed by atoms with van der Waals surface area (Å²) in [4.78, 5) is 10.5. The Labute approximate surface area is 119 Å². The molecule has 100 valence electrons. The van der Waals surface area contributed by atoms with Gasteiger partial charge in [-0.3, -0.25) is 4.79 Å². The molecule has 0 saturated carbocycles. The summed E-state index contributed by atoms with van der Waals surface area (Å²) in [5.41, 5.74) is 4.15. The van der Waals surface area contributed by atoms with Gasteiger partial charge >= 0.3 is 5.97 Å². The van der Waals surface area contributed by atoms with Crippen LogP contribution in [0.1, 0.15) is 28.7 Å². The Kier molecular flexibility index (Phi) is 4.57. The molecule has 0 aliphatic heterocycles. The van der Waals surface area contributed by atoms with Gasteiger partial charge in [0, 0.05) is 17.5 Å². The lowest BCUT2D eigenvalue weighted by molar-refractivity contribution is -0.136. The normalized spacial score (nSPS) is 9.65. The fraction of sp³-hybridized carbons (Fsp3) is 0.167. The second-order valence-electron chi connectivity index (χ2n) is 4.71. The van der Waals surface area contributed by atoms with E-state index in [1.807, 2.05) is 55.5 Å². The quantitative estimate of drug-likeness (QED) is 0.863. The van der Waals surface area contributed by atoms with E-state index >= 15 is 0 Å². The number of aliphatic carboxylic acids is 1. The van der Waals surface area contributed by atoms with Gasteiger partial charge in [0.05, 0.1) is 0 Å². The topological polar surface area (TPSA) is 37.3 Å². The minimum atomic E-state index is -0.770.